The number of nitrogens with zero attached hydrogens (tertiary/aromatic N) is 1. The van der Waals surface area contributed by atoms with Gasteiger partial charge in [-0.3, -0.25) is 14.4 Å². The molecule has 0 spiro atoms. The van der Waals surface area contributed by atoms with Gasteiger partial charge in [0.25, 0.3) is 11.8 Å². The molecule has 1 unspecified atom stereocenters. The molecule has 1 heterocycles. The van der Waals surface area contributed by atoms with Crippen LogP contribution in [0, 0.1) is 0 Å². The van der Waals surface area contributed by atoms with Crippen molar-refractivity contribution in [2.45, 2.75) is 38.3 Å². The first-order valence-electron chi connectivity index (χ1n) is 8.20. The highest BCUT2D eigenvalue weighted by Gasteiger charge is 2.35. The summed E-state index contributed by atoms with van der Waals surface area (Å²) in [5.41, 5.74) is 5.79. The van der Waals surface area contributed by atoms with E-state index in [0.717, 1.165) is 5.56 Å². The maximum atomic E-state index is 12.2. The molecule has 1 atom stereocenters. The minimum Gasteiger partial charge on any atom is -0.445 e. The molecule has 1 saturated heterocycles. The molecule has 10 nitrogen and oxygen atoms in total. The number of rotatable bonds is 8. The SMILES string of the molecule is NC(=O)CCC(NC(=O)OCc1ccccc1)C(=O)ON1C(=O)CCC1=O. The number of carbonyl (C=O) groups is 5. The molecule has 0 radical (unpaired) electrons. The summed E-state index contributed by atoms with van der Waals surface area (Å²) in [4.78, 5) is 63.0. The lowest BCUT2D eigenvalue weighted by molar-refractivity contribution is -0.199. The van der Waals surface area contributed by atoms with Crippen LogP contribution in [-0.2, 0) is 35.4 Å². The van der Waals surface area contributed by atoms with Crippen LogP contribution in [0.3, 0.4) is 0 Å². The Bertz CT molecular complexity index is 719. The van der Waals surface area contributed by atoms with Crippen molar-refractivity contribution >= 4 is 29.8 Å². The van der Waals surface area contributed by atoms with Crippen LogP contribution in [0.15, 0.2) is 30.3 Å². The van der Waals surface area contributed by atoms with Crippen molar-refractivity contribution in [1.29, 1.82) is 0 Å². The highest BCUT2D eigenvalue weighted by Crippen LogP contribution is 2.13. The van der Waals surface area contributed by atoms with E-state index < -0.39 is 35.8 Å². The number of hydrogen-bond donors (Lipinski definition) is 2. The average molecular weight is 377 g/mol. The van der Waals surface area contributed by atoms with Crippen molar-refractivity contribution in [2.24, 2.45) is 5.73 Å². The minimum atomic E-state index is -1.32. The summed E-state index contributed by atoms with van der Waals surface area (Å²) in [6.07, 6.45) is -1.45. The molecule has 0 bridgehead atoms. The molecule has 1 aromatic rings. The number of carbonyl (C=O) groups excluding carboxylic acids is 5. The van der Waals surface area contributed by atoms with Gasteiger partial charge in [-0.25, -0.2) is 9.59 Å². The van der Waals surface area contributed by atoms with E-state index in [0.29, 0.717) is 5.06 Å². The molecule has 1 aromatic carbocycles. The Hall–Kier alpha value is -3.43. The number of primary amides is 1. The first kappa shape index (κ1) is 19.9. The van der Waals surface area contributed by atoms with Gasteiger partial charge < -0.3 is 20.6 Å². The molecule has 27 heavy (non-hydrogen) atoms. The first-order chi connectivity index (χ1) is 12.9. The maximum absolute atomic E-state index is 12.2. The van der Waals surface area contributed by atoms with E-state index >= 15 is 0 Å². The van der Waals surface area contributed by atoms with Crippen LogP contribution < -0.4 is 11.1 Å². The maximum Gasteiger partial charge on any atom is 0.408 e. The van der Waals surface area contributed by atoms with E-state index in [1.54, 1.807) is 30.3 Å². The van der Waals surface area contributed by atoms with E-state index in [1.807, 2.05) is 0 Å². The summed E-state index contributed by atoms with van der Waals surface area (Å²) in [6, 6.07) is 7.52. The Morgan fingerprint density at radius 1 is 1.11 bits per heavy atom. The highest BCUT2D eigenvalue weighted by molar-refractivity contribution is 6.01. The first-order valence-corrected chi connectivity index (χ1v) is 8.20. The predicted molar refractivity (Wildman–Crippen MR) is 89.2 cm³/mol. The van der Waals surface area contributed by atoms with Crippen LogP contribution in [0.2, 0.25) is 0 Å². The van der Waals surface area contributed by atoms with Crippen LogP contribution in [0.1, 0.15) is 31.2 Å². The quantitative estimate of drug-likeness (QED) is 0.613. The lowest BCUT2D eigenvalue weighted by atomic mass is 10.1. The third-order valence-corrected chi connectivity index (χ3v) is 3.66. The molecule has 3 N–H and O–H groups in total. The third kappa shape index (κ3) is 6.10. The molecular formula is C17H19N3O7. The van der Waals surface area contributed by atoms with Crippen molar-refractivity contribution in [3.05, 3.63) is 35.9 Å². The van der Waals surface area contributed by atoms with Gasteiger partial charge in [0.1, 0.15) is 12.6 Å². The normalized spacial score (nSPS) is 14.6. The Labute approximate surface area is 154 Å². The van der Waals surface area contributed by atoms with Gasteiger partial charge in [0.05, 0.1) is 0 Å². The molecule has 0 saturated carbocycles. The van der Waals surface area contributed by atoms with Crippen molar-refractivity contribution in [2.75, 3.05) is 0 Å². The second-order valence-electron chi connectivity index (χ2n) is 5.76. The number of nitrogens with two attached hydrogens (primary N) is 1. The minimum absolute atomic E-state index is 0.0344. The molecule has 1 aliphatic rings. The lowest BCUT2D eigenvalue weighted by Gasteiger charge is -2.19. The molecule has 0 aromatic heterocycles. The van der Waals surface area contributed by atoms with Gasteiger partial charge in [-0.1, -0.05) is 30.3 Å². The van der Waals surface area contributed by atoms with Crippen LogP contribution in [0.5, 0.6) is 0 Å². The van der Waals surface area contributed by atoms with Gasteiger partial charge >= 0.3 is 12.1 Å². The fourth-order valence-electron chi connectivity index (χ4n) is 2.25. The zero-order valence-corrected chi connectivity index (χ0v) is 14.4. The molecule has 2 rings (SSSR count). The van der Waals surface area contributed by atoms with E-state index in [1.165, 1.54) is 0 Å². The second kappa shape index (κ2) is 9.32. The number of hydrogen-bond acceptors (Lipinski definition) is 7. The number of benzene rings is 1. The van der Waals surface area contributed by atoms with Gasteiger partial charge in [0.15, 0.2) is 0 Å². The number of amides is 4. The summed E-state index contributed by atoms with van der Waals surface area (Å²) >= 11 is 0. The van der Waals surface area contributed by atoms with Crippen LogP contribution in [0.25, 0.3) is 0 Å². The van der Waals surface area contributed by atoms with E-state index in [2.05, 4.69) is 5.32 Å². The zero-order valence-electron chi connectivity index (χ0n) is 14.4. The fraction of sp³-hybridized carbons (Fsp3) is 0.353. The fourth-order valence-corrected chi connectivity index (χ4v) is 2.25. The number of alkyl carbamates (subject to hydrolysis) is 1. The van der Waals surface area contributed by atoms with Crippen molar-refractivity contribution in [3.8, 4) is 0 Å². The smallest absolute Gasteiger partial charge is 0.408 e. The monoisotopic (exact) mass is 377 g/mol. The molecule has 10 heteroatoms. The lowest BCUT2D eigenvalue weighted by Crippen LogP contribution is -2.45. The molecule has 0 aliphatic carbocycles. The summed E-state index contributed by atoms with van der Waals surface area (Å²) < 4.78 is 5.01. The standard InChI is InChI=1S/C17H19N3O7/c18-13(21)7-6-12(16(24)27-20-14(22)8-9-15(20)23)19-17(25)26-10-11-4-2-1-3-5-11/h1-5,12H,6-10H2,(H2,18,21)(H,19,25). The Morgan fingerprint density at radius 3 is 2.33 bits per heavy atom. The average Bonchev–Trinajstić information content (AvgIpc) is 2.96. The Morgan fingerprint density at radius 2 is 1.74 bits per heavy atom. The van der Waals surface area contributed by atoms with Crippen LogP contribution in [-0.4, -0.2) is 40.9 Å². The van der Waals surface area contributed by atoms with Crippen molar-refractivity contribution in [3.63, 3.8) is 0 Å². The largest absolute Gasteiger partial charge is 0.445 e. The van der Waals surface area contributed by atoms with Crippen LogP contribution in [0.4, 0.5) is 4.79 Å². The number of imide groups is 1. The molecule has 144 valence electrons. The number of nitrogens with one attached hydrogen (secondary N) is 1. The predicted octanol–water partition coefficient (Wildman–Crippen LogP) is 0.154. The Kier molecular flexibility index (Phi) is 6.86. The van der Waals surface area contributed by atoms with Crippen molar-refractivity contribution < 1.29 is 33.5 Å². The Balaban J connectivity index is 1.94. The molecule has 1 fully saturated rings. The summed E-state index contributed by atoms with van der Waals surface area (Å²) in [7, 11) is 0. The molecule has 1 aliphatic heterocycles. The zero-order chi connectivity index (χ0) is 19.8. The van der Waals surface area contributed by atoms with Gasteiger partial charge in [-0.05, 0) is 12.0 Å². The topological polar surface area (TPSA) is 145 Å². The van der Waals surface area contributed by atoms with Gasteiger partial charge in [-0.2, -0.15) is 0 Å². The molecular weight excluding hydrogens is 358 g/mol. The van der Waals surface area contributed by atoms with E-state index in [-0.39, 0.29) is 32.3 Å². The van der Waals surface area contributed by atoms with Gasteiger partial charge in [-0.15, -0.1) is 5.06 Å². The molecule has 4 amide bonds. The highest BCUT2D eigenvalue weighted by atomic mass is 16.7. The summed E-state index contributed by atoms with van der Waals surface area (Å²) in [5.74, 6) is -3.08. The van der Waals surface area contributed by atoms with Crippen molar-refractivity contribution in [1.82, 2.24) is 10.4 Å². The summed E-state index contributed by atoms with van der Waals surface area (Å²) in [5, 5.41) is 2.61. The number of ether oxygens (including phenoxy) is 1. The van der Waals surface area contributed by atoms with Gasteiger partial charge in [0, 0.05) is 19.3 Å². The van der Waals surface area contributed by atoms with E-state index in [9.17, 15) is 24.0 Å². The van der Waals surface area contributed by atoms with Crippen LogP contribution >= 0.6 is 0 Å². The third-order valence-electron chi connectivity index (χ3n) is 3.66. The number of hydroxylamine groups is 2. The summed E-state index contributed by atoms with van der Waals surface area (Å²) in [6.45, 7) is -0.0344. The van der Waals surface area contributed by atoms with E-state index in [4.69, 9.17) is 15.3 Å². The van der Waals surface area contributed by atoms with Gasteiger partial charge in [0.2, 0.25) is 5.91 Å². The second-order valence-corrected chi connectivity index (χ2v) is 5.76.